The molecule has 2 aliphatic rings. The zero-order valence-electron chi connectivity index (χ0n) is 9.18. The van der Waals surface area contributed by atoms with E-state index in [9.17, 15) is 0 Å². The second-order valence-corrected chi connectivity index (χ2v) is 3.74. The summed E-state index contributed by atoms with van der Waals surface area (Å²) in [7, 11) is 0. The summed E-state index contributed by atoms with van der Waals surface area (Å²) >= 11 is 0. The number of hydrogen-bond acceptors (Lipinski definition) is 2. The summed E-state index contributed by atoms with van der Waals surface area (Å²) in [4.78, 5) is 2.66. The monoisotopic (exact) mass is 184 g/mol. The highest BCUT2D eigenvalue weighted by Gasteiger charge is 2.22. The average molecular weight is 184 g/mol. The molecule has 78 valence electrons. The quantitative estimate of drug-likeness (QED) is 0.669. The van der Waals surface area contributed by atoms with Crippen molar-refractivity contribution in [1.82, 2.24) is 10.2 Å². The zero-order valence-corrected chi connectivity index (χ0v) is 9.18. The van der Waals surface area contributed by atoms with Gasteiger partial charge < -0.3 is 5.32 Å². The van der Waals surface area contributed by atoms with Crippen LogP contribution in [0.4, 0.5) is 0 Å². The van der Waals surface area contributed by atoms with Gasteiger partial charge in [-0.15, -0.1) is 0 Å². The van der Waals surface area contributed by atoms with Crippen LogP contribution < -0.4 is 5.32 Å². The van der Waals surface area contributed by atoms with Crippen LogP contribution in [0.1, 0.15) is 39.5 Å². The highest BCUT2D eigenvalue weighted by atomic mass is 15.2. The van der Waals surface area contributed by atoms with Gasteiger partial charge in [-0.1, -0.05) is 13.8 Å². The van der Waals surface area contributed by atoms with Crippen molar-refractivity contribution in [2.75, 3.05) is 26.2 Å². The molecule has 0 radical (unpaired) electrons. The van der Waals surface area contributed by atoms with E-state index in [1.54, 1.807) is 0 Å². The molecule has 0 amide bonds. The molecule has 0 aromatic rings. The molecule has 2 saturated heterocycles. The molecule has 2 nitrogen and oxygen atoms in total. The molecule has 0 spiro atoms. The Morgan fingerprint density at radius 1 is 1.08 bits per heavy atom. The van der Waals surface area contributed by atoms with Crippen LogP contribution in [0.3, 0.4) is 0 Å². The second kappa shape index (κ2) is 6.39. The minimum atomic E-state index is 0.867. The van der Waals surface area contributed by atoms with Crippen molar-refractivity contribution in [3.8, 4) is 0 Å². The molecular weight excluding hydrogens is 160 g/mol. The summed E-state index contributed by atoms with van der Waals surface area (Å²) in [5, 5.41) is 3.47. The smallest absolute Gasteiger partial charge is 0.0221 e. The van der Waals surface area contributed by atoms with Gasteiger partial charge in [0.1, 0.15) is 0 Å². The standard InChI is InChI=1S/C9H18N2.C2H6/c1-2-7-11(6-1)9-4-3-5-10-8-9;1-2/h9-10H,1-8H2;1-2H3. The van der Waals surface area contributed by atoms with Crippen molar-refractivity contribution in [2.45, 2.75) is 45.6 Å². The Kier molecular flexibility index (Phi) is 5.40. The number of rotatable bonds is 1. The third-order valence-corrected chi connectivity index (χ3v) is 2.93. The fourth-order valence-electron chi connectivity index (χ4n) is 2.25. The Bertz CT molecular complexity index is 113. The van der Waals surface area contributed by atoms with Crippen LogP contribution in [-0.2, 0) is 0 Å². The first kappa shape index (κ1) is 11.0. The molecule has 2 rings (SSSR count). The maximum absolute atomic E-state index is 3.47. The van der Waals surface area contributed by atoms with E-state index in [2.05, 4.69) is 10.2 Å². The lowest BCUT2D eigenvalue weighted by Gasteiger charge is -2.31. The van der Waals surface area contributed by atoms with Crippen LogP contribution in [0.5, 0.6) is 0 Å². The van der Waals surface area contributed by atoms with Crippen LogP contribution in [0, 0.1) is 0 Å². The molecule has 0 bridgehead atoms. The largest absolute Gasteiger partial charge is 0.315 e. The van der Waals surface area contributed by atoms with E-state index in [1.165, 1.54) is 51.9 Å². The number of piperidine rings is 1. The van der Waals surface area contributed by atoms with E-state index in [0.717, 1.165) is 6.04 Å². The van der Waals surface area contributed by atoms with E-state index in [0.29, 0.717) is 0 Å². The van der Waals surface area contributed by atoms with Crippen LogP contribution in [0.25, 0.3) is 0 Å². The molecule has 0 aromatic heterocycles. The van der Waals surface area contributed by atoms with Crippen LogP contribution in [0.2, 0.25) is 0 Å². The fourth-order valence-corrected chi connectivity index (χ4v) is 2.25. The van der Waals surface area contributed by atoms with Crippen molar-refractivity contribution < 1.29 is 0 Å². The molecule has 2 aliphatic heterocycles. The Hall–Kier alpha value is -0.0800. The van der Waals surface area contributed by atoms with Crippen molar-refractivity contribution >= 4 is 0 Å². The van der Waals surface area contributed by atoms with Gasteiger partial charge in [0.25, 0.3) is 0 Å². The van der Waals surface area contributed by atoms with Gasteiger partial charge in [-0.3, -0.25) is 4.90 Å². The average Bonchev–Trinajstić information content (AvgIpc) is 2.75. The predicted octanol–water partition coefficient (Wildman–Crippen LogP) is 1.86. The number of likely N-dealkylation sites (tertiary alicyclic amines) is 1. The molecular formula is C11H24N2. The molecule has 2 heteroatoms. The van der Waals surface area contributed by atoms with E-state index < -0.39 is 0 Å². The van der Waals surface area contributed by atoms with Crippen molar-refractivity contribution in [1.29, 1.82) is 0 Å². The Labute approximate surface area is 82.7 Å². The van der Waals surface area contributed by atoms with Gasteiger partial charge in [-0.2, -0.15) is 0 Å². The summed E-state index contributed by atoms with van der Waals surface area (Å²) in [5.74, 6) is 0. The van der Waals surface area contributed by atoms with Gasteiger partial charge in [0, 0.05) is 12.6 Å². The van der Waals surface area contributed by atoms with Gasteiger partial charge in [0.05, 0.1) is 0 Å². The molecule has 0 aromatic carbocycles. The van der Waals surface area contributed by atoms with E-state index in [-0.39, 0.29) is 0 Å². The minimum Gasteiger partial charge on any atom is -0.315 e. The SMILES string of the molecule is C1CNCC(N2CCCC2)C1.CC. The second-order valence-electron chi connectivity index (χ2n) is 3.74. The number of nitrogens with zero attached hydrogens (tertiary/aromatic N) is 1. The molecule has 1 N–H and O–H groups in total. The summed E-state index contributed by atoms with van der Waals surface area (Å²) in [6.45, 7) is 9.18. The first-order chi connectivity index (χ1) is 6.47. The Balaban J connectivity index is 0.000000396. The predicted molar refractivity (Wildman–Crippen MR) is 58.0 cm³/mol. The Morgan fingerprint density at radius 2 is 1.77 bits per heavy atom. The molecule has 2 fully saturated rings. The van der Waals surface area contributed by atoms with E-state index in [1.807, 2.05) is 13.8 Å². The highest BCUT2D eigenvalue weighted by Crippen LogP contribution is 2.16. The molecule has 13 heavy (non-hydrogen) atoms. The van der Waals surface area contributed by atoms with Gasteiger partial charge in [-0.05, 0) is 45.3 Å². The lowest BCUT2D eigenvalue weighted by atomic mass is 10.1. The highest BCUT2D eigenvalue weighted by molar-refractivity contribution is 4.80. The van der Waals surface area contributed by atoms with Crippen molar-refractivity contribution in [3.05, 3.63) is 0 Å². The van der Waals surface area contributed by atoms with Crippen LogP contribution >= 0.6 is 0 Å². The molecule has 0 saturated carbocycles. The number of nitrogens with one attached hydrogen (secondary N) is 1. The van der Waals surface area contributed by atoms with Gasteiger partial charge in [0.15, 0.2) is 0 Å². The van der Waals surface area contributed by atoms with Gasteiger partial charge in [0.2, 0.25) is 0 Å². The van der Waals surface area contributed by atoms with Crippen LogP contribution in [-0.4, -0.2) is 37.1 Å². The lowest BCUT2D eigenvalue weighted by Crippen LogP contribution is -2.44. The first-order valence-electron chi connectivity index (χ1n) is 5.91. The third kappa shape index (κ3) is 3.28. The van der Waals surface area contributed by atoms with Crippen molar-refractivity contribution in [2.24, 2.45) is 0 Å². The third-order valence-electron chi connectivity index (χ3n) is 2.93. The normalized spacial score (nSPS) is 29.5. The topological polar surface area (TPSA) is 15.3 Å². The van der Waals surface area contributed by atoms with Crippen molar-refractivity contribution in [3.63, 3.8) is 0 Å². The lowest BCUT2D eigenvalue weighted by molar-refractivity contribution is 0.203. The molecule has 2 heterocycles. The minimum absolute atomic E-state index is 0.867. The summed E-state index contributed by atoms with van der Waals surface area (Å²) in [6, 6.07) is 0.867. The molecule has 0 aliphatic carbocycles. The number of hydrogen-bond donors (Lipinski definition) is 1. The molecule has 1 atom stereocenters. The van der Waals surface area contributed by atoms with Gasteiger partial charge >= 0.3 is 0 Å². The van der Waals surface area contributed by atoms with Gasteiger partial charge in [-0.25, -0.2) is 0 Å². The Morgan fingerprint density at radius 3 is 2.31 bits per heavy atom. The maximum atomic E-state index is 3.47. The summed E-state index contributed by atoms with van der Waals surface area (Å²) < 4.78 is 0. The summed E-state index contributed by atoms with van der Waals surface area (Å²) in [5.41, 5.74) is 0. The fraction of sp³-hybridized carbons (Fsp3) is 1.00. The van der Waals surface area contributed by atoms with E-state index >= 15 is 0 Å². The zero-order chi connectivity index (χ0) is 9.52. The first-order valence-corrected chi connectivity index (χ1v) is 5.91. The molecule has 1 unspecified atom stereocenters. The van der Waals surface area contributed by atoms with Crippen LogP contribution in [0.15, 0.2) is 0 Å². The summed E-state index contributed by atoms with van der Waals surface area (Å²) in [6.07, 6.45) is 5.65. The maximum Gasteiger partial charge on any atom is 0.0221 e. The van der Waals surface area contributed by atoms with E-state index in [4.69, 9.17) is 0 Å².